The lowest BCUT2D eigenvalue weighted by atomic mass is 10.1. The number of methoxy groups -OCH3 is 2. The molecular weight excluding hydrogens is 426 g/mol. The van der Waals surface area contributed by atoms with Crippen LogP contribution in [0.2, 0.25) is 0 Å². The molecule has 0 aliphatic carbocycles. The third kappa shape index (κ3) is 3.60. The number of rotatable bonds is 5. The van der Waals surface area contributed by atoms with Gasteiger partial charge in [-0.2, -0.15) is 13.2 Å². The van der Waals surface area contributed by atoms with Gasteiger partial charge in [-0.05, 0) is 30.3 Å². The van der Waals surface area contributed by atoms with Gasteiger partial charge in [0.2, 0.25) is 0 Å². The highest BCUT2D eigenvalue weighted by Gasteiger charge is 2.69. The second-order valence-electron chi connectivity index (χ2n) is 6.29. The highest BCUT2D eigenvalue weighted by molar-refractivity contribution is 6.24. The Kier molecular flexibility index (Phi) is 5.49. The third-order valence-corrected chi connectivity index (χ3v) is 4.49. The van der Waals surface area contributed by atoms with Crippen molar-refractivity contribution < 1.29 is 41.4 Å². The first-order valence-corrected chi connectivity index (χ1v) is 8.58. The van der Waals surface area contributed by atoms with E-state index >= 15 is 0 Å². The predicted molar refractivity (Wildman–Crippen MR) is 98.2 cm³/mol. The first-order chi connectivity index (χ1) is 14.6. The Balaban J connectivity index is 2.01. The Hall–Kier alpha value is -3.83. The summed E-state index contributed by atoms with van der Waals surface area (Å²) in [6, 6.07) is 6.22. The maximum atomic E-state index is 14.1. The van der Waals surface area contributed by atoms with E-state index in [2.05, 4.69) is 0 Å². The van der Waals surface area contributed by atoms with Crippen LogP contribution in [0.15, 0.2) is 42.5 Å². The molecule has 0 bridgehead atoms. The summed E-state index contributed by atoms with van der Waals surface area (Å²) in [7, 11) is 2.57. The van der Waals surface area contributed by atoms with E-state index < -0.39 is 41.2 Å². The van der Waals surface area contributed by atoms with Crippen molar-refractivity contribution in [2.75, 3.05) is 19.1 Å². The van der Waals surface area contributed by atoms with Crippen molar-refractivity contribution in [1.29, 1.82) is 0 Å². The fourth-order valence-corrected chi connectivity index (χ4v) is 2.95. The third-order valence-electron chi connectivity index (χ3n) is 4.49. The Labute approximate surface area is 172 Å². The molecular formula is C19H15F4N3O5. The lowest BCUT2D eigenvalue weighted by Crippen LogP contribution is -2.69. The summed E-state index contributed by atoms with van der Waals surface area (Å²) in [5.74, 6) is -4.10. The number of para-hydroxylation sites is 1. The van der Waals surface area contributed by atoms with Crippen LogP contribution in [-0.2, 0) is 4.79 Å². The molecule has 1 aliphatic heterocycles. The predicted octanol–water partition coefficient (Wildman–Crippen LogP) is 2.59. The molecule has 3 rings (SSSR count). The molecule has 0 saturated carbocycles. The lowest BCUT2D eigenvalue weighted by molar-refractivity contribution is -0.197. The van der Waals surface area contributed by atoms with Crippen molar-refractivity contribution >= 4 is 23.5 Å². The fraction of sp³-hybridized carbons (Fsp3) is 0.211. The monoisotopic (exact) mass is 441 g/mol. The van der Waals surface area contributed by atoms with Crippen molar-refractivity contribution in [3.05, 3.63) is 53.8 Å². The molecule has 1 heterocycles. The van der Waals surface area contributed by atoms with Gasteiger partial charge in [0.05, 0.1) is 19.9 Å². The molecule has 8 nitrogen and oxygen atoms in total. The molecule has 0 spiro atoms. The molecule has 1 aliphatic rings. The van der Waals surface area contributed by atoms with Crippen LogP contribution < -0.4 is 25.0 Å². The van der Waals surface area contributed by atoms with E-state index in [1.54, 1.807) is 0 Å². The zero-order valence-corrected chi connectivity index (χ0v) is 16.0. The second-order valence-corrected chi connectivity index (χ2v) is 6.29. The van der Waals surface area contributed by atoms with Crippen LogP contribution >= 0.6 is 0 Å². The quantitative estimate of drug-likeness (QED) is 0.549. The molecule has 4 amide bonds. The van der Waals surface area contributed by atoms with Gasteiger partial charge in [0, 0.05) is 5.56 Å². The van der Waals surface area contributed by atoms with E-state index in [1.165, 1.54) is 43.1 Å². The van der Waals surface area contributed by atoms with Gasteiger partial charge in [0.15, 0.2) is 11.5 Å². The number of nitrogens with one attached hydrogen (secondary N) is 2. The van der Waals surface area contributed by atoms with Crippen molar-refractivity contribution in [2.45, 2.75) is 11.8 Å². The van der Waals surface area contributed by atoms with Crippen LogP contribution in [0, 0.1) is 5.82 Å². The highest BCUT2D eigenvalue weighted by Crippen LogP contribution is 2.37. The van der Waals surface area contributed by atoms with Gasteiger partial charge in [-0.1, -0.05) is 12.1 Å². The Morgan fingerprint density at radius 2 is 1.71 bits per heavy atom. The minimum Gasteiger partial charge on any atom is -0.493 e. The molecule has 2 aromatic carbocycles. The number of alkyl halides is 3. The average molecular weight is 441 g/mol. The van der Waals surface area contributed by atoms with Crippen LogP contribution in [0.25, 0.3) is 0 Å². The highest BCUT2D eigenvalue weighted by atomic mass is 19.4. The summed E-state index contributed by atoms with van der Waals surface area (Å²) in [6.07, 6.45) is -5.45. The zero-order chi connectivity index (χ0) is 23.0. The molecule has 2 aromatic rings. The number of imide groups is 1. The normalized spacial score (nSPS) is 18.6. The van der Waals surface area contributed by atoms with Gasteiger partial charge >= 0.3 is 12.2 Å². The number of urea groups is 1. The summed E-state index contributed by atoms with van der Waals surface area (Å²) in [5.41, 5.74) is -4.82. The standard InChI is InChI=1S/C19H15F4N3O5/c1-30-13-8-7-10(9-14(13)31-2)15(27)24-18(19(21,22)23)16(28)26(17(29)25-18)12-6-4-3-5-11(12)20/h3-9H,1-2H3,(H,24,27)(H,25,29)/t18-/m0/s1. The number of hydrogen-bond donors (Lipinski definition) is 2. The molecule has 12 heteroatoms. The number of halogens is 4. The average Bonchev–Trinajstić information content (AvgIpc) is 2.98. The van der Waals surface area contributed by atoms with Crippen molar-refractivity contribution in [1.82, 2.24) is 10.6 Å². The molecule has 1 saturated heterocycles. The maximum absolute atomic E-state index is 14.1. The van der Waals surface area contributed by atoms with Crippen molar-refractivity contribution in [2.24, 2.45) is 0 Å². The minimum atomic E-state index is -5.45. The number of hydrogen-bond acceptors (Lipinski definition) is 5. The molecule has 31 heavy (non-hydrogen) atoms. The van der Waals surface area contributed by atoms with Gasteiger partial charge in [-0.3, -0.25) is 14.9 Å². The fourth-order valence-electron chi connectivity index (χ4n) is 2.95. The molecule has 0 unspecified atom stereocenters. The minimum absolute atomic E-state index is 0.0162. The van der Waals surface area contributed by atoms with Gasteiger partial charge in [-0.25, -0.2) is 14.1 Å². The molecule has 0 aromatic heterocycles. The number of anilines is 1. The van der Waals surface area contributed by atoms with Gasteiger partial charge in [0.25, 0.3) is 17.5 Å². The van der Waals surface area contributed by atoms with Gasteiger partial charge in [-0.15, -0.1) is 0 Å². The van der Waals surface area contributed by atoms with E-state index in [0.717, 1.165) is 24.3 Å². The van der Waals surface area contributed by atoms with Gasteiger partial charge < -0.3 is 14.8 Å². The van der Waals surface area contributed by atoms with E-state index in [-0.39, 0.29) is 22.0 Å². The first-order valence-electron chi connectivity index (χ1n) is 8.58. The van der Waals surface area contributed by atoms with Crippen LogP contribution in [0.5, 0.6) is 11.5 Å². The van der Waals surface area contributed by atoms with Crippen LogP contribution in [0.1, 0.15) is 10.4 Å². The smallest absolute Gasteiger partial charge is 0.440 e. The summed E-state index contributed by atoms with van der Waals surface area (Å²) < 4.78 is 65.9. The SMILES string of the molecule is COc1ccc(C(=O)N[C@]2(C(F)(F)F)NC(=O)N(c3ccccc3F)C2=O)cc1OC. The van der Waals surface area contributed by atoms with E-state index in [0.29, 0.717) is 0 Å². The first kappa shape index (κ1) is 21.9. The zero-order valence-electron chi connectivity index (χ0n) is 16.0. The number of nitrogens with zero attached hydrogens (tertiary/aromatic N) is 1. The molecule has 0 radical (unpaired) electrons. The van der Waals surface area contributed by atoms with Crippen LogP contribution in [-0.4, -0.2) is 43.9 Å². The summed E-state index contributed by atoms with van der Waals surface area (Å²) in [5, 5.41) is 2.97. The summed E-state index contributed by atoms with van der Waals surface area (Å²) in [6.45, 7) is 0. The van der Waals surface area contributed by atoms with E-state index in [1.807, 2.05) is 0 Å². The number of carbonyl (C=O) groups is 3. The summed E-state index contributed by atoms with van der Waals surface area (Å²) >= 11 is 0. The number of benzene rings is 2. The number of carbonyl (C=O) groups excluding carboxylic acids is 3. The topological polar surface area (TPSA) is 97.0 Å². The lowest BCUT2D eigenvalue weighted by Gasteiger charge is -2.30. The Morgan fingerprint density at radius 1 is 1.06 bits per heavy atom. The molecule has 1 atom stereocenters. The largest absolute Gasteiger partial charge is 0.493 e. The van der Waals surface area contributed by atoms with Crippen LogP contribution in [0.3, 0.4) is 0 Å². The maximum Gasteiger partial charge on any atom is 0.440 e. The van der Waals surface area contributed by atoms with E-state index in [4.69, 9.17) is 9.47 Å². The second kappa shape index (κ2) is 7.78. The Morgan fingerprint density at radius 3 is 2.29 bits per heavy atom. The molecule has 2 N–H and O–H groups in total. The number of ether oxygens (including phenoxy) is 2. The summed E-state index contributed by atoms with van der Waals surface area (Å²) in [4.78, 5) is 37.5. The Bertz CT molecular complexity index is 1060. The van der Waals surface area contributed by atoms with Crippen LogP contribution in [0.4, 0.5) is 28.0 Å². The molecule has 1 fully saturated rings. The van der Waals surface area contributed by atoms with Crippen molar-refractivity contribution in [3.8, 4) is 11.5 Å². The molecule has 164 valence electrons. The van der Waals surface area contributed by atoms with Gasteiger partial charge in [0.1, 0.15) is 5.82 Å². The number of amides is 4. The van der Waals surface area contributed by atoms with E-state index in [9.17, 15) is 31.9 Å². The van der Waals surface area contributed by atoms with Crippen molar-refractivity contribution in [3.63, 3.8) is 0 Å².